The number of phenols is 1. The minimum absolute atomic E-state index is 0.299. The van der Waals surface area contributed by atoms with Gasteiger partial charge < -0.3 is 10.0 Å². The van der Waals surface area contributed by atoms with Crippen LogP contribution in [0.5, 0.6) is 5.75 Å². The number of phenolic OH excluding ortho intramolecular Hbond substituents is 1. The predicted octanol–water partition coefficient (Wildman–Crippen LogP) is 3.81. The van der Waals surface area contributed by atoms with Gasteiger partial charge in [0.25, 0.3) is 0 Å². The van der Waals surface area contributed by atoms with Crippen LogP contribution in [-0.2, 0) is 0 Å². The molecule has 0 aliphatic rings. The summed E-state index contributed by atoms with van der Waals surface area (Å²) in [6.45, 7) is 0. The summed E-state index contributed by atoms with van der Waals surface area (Å²) in [4.78, 5) is 6.47. The Kier molecular flexibility index (Phi) is 4.42. The number of aliphatic imine (C=N–C) groups is 1. The molecule has 0 radical (unpaired) electrons. The molecule has 0 saturated carbocycles. The predicted molar refractivity (Wildman–Crippen MR) is 88.8 cm³/mol. The second-order valence-corrected chi connectivity index (χ2v) is 5.54. The number of nitrogens with zero attached hydrogens (tertiary/aromatic N) is 2. The van der Waals surface area contributed by atoms with E-state index in [4.69, 9.17) is 0 Å². The molecule has 0 aliphatic heterocycles. The topological polar surface area (TPSA) is 35.8 Å². The number of halogens is 1. The fourth-order valence-electron chi connectivity index (χ4n) is 1.59. The van der Waals surface area contributed by atoms with Gasteiger partial charge in [0.2, 0.25) is 0 Å². The van der Waals surface area contributed by atoms with Gasteiger partial charge in [-0.15, -0.1) is 0 Å². The Balaban J connectivity index is 2.15. The average Bonchev–Trinajstić information content (AvgIpc) is 2.40. The summed E-state index contributed by atoms with van der Waals surface area (Å²) in [6, 6.07) is 13.5. The molecule has 4 heteroatoms. The fraction of sp³-hybridized carbons (Fsp3) is 0.133. The Morgan fingerprint density at radius 3 is 2.37 bits per heavy atom. The van der Waals surface area contributed by atoms with Crippen LogP contribution in [0.15, 0.2) is 47.5 Å². The van der Waals surface area contributed by atoms with Crippen LogP contribution in [0.1, 0.15) is 5.56 Å². The van der Waals surface area contributed by atoms with Crippen molar-refractivity contribution < 1.29 is 5.11 Å². The Hall–Kier alpha value is -1.56. The minimum Gasteiger partial charge on any atom is -0.507 e. The molecule has 0 atom stereocenters. The van der Waals surface area contributed by atoms with Gasteiger partial charge in [-0.1, -0.05) is 0 Å². The van der Waals surface area contributed by atoms with Gasteiger partial charge in [-0.3, -0.25) is 4.99 Å². The molecule has 0 heterocycles. The summed E-state index contributed by atoms with van der Waals surface area (Å²) in [5.41, 5.74) is 3.03. The van der Waals surface area contributed by atoms with Gasteiger partial charge in [-0.05, 0) is 70.6 Å². The first-order chi connectivity index (χ1) is 9.06. The van der Waals surface area contributed by atoms with E-state index in [9.17, 15) is 5.11 Å². The lowest BCUT2D eigenvalue weighted by atomic mass is 10.2. The van der Waals surface area contributed by atoms with Crippen molar-refractivity contribution >= 4 is 40.2 Å². The lowest BCUT2D eigenvalue weighted by molar-refractivity contribution is 0.471. The van der Waals surface area contributed by atoms with Crippen molar-refractivity contribution in [2.24, 2.45) is 4.99 Å². The zero-order valence-corrected chi connectivity index (χ0v) is 13.0. The quantitative estimate of drug-likeness (QED) is 0.662. The molecule has 0 spiro atoms. The van der Waals surface area contributed by atoms with E-state index in [1.807, 2.05) is 50.5 Å². The molecule has 0 bridgehead atoms. The van der Waals surface area contributed by atoms with Crippen molar-refractivity contribution in [3.8, 4) is 5.75 Å². The first kappa shape index (κ1) is 13.9. The third-order valence-corrected chi connectivity index (χ3v) is 3.56. The van der Waals surface area contributed by atoms with Crippen molar-refractivity contribution in [3.05, 3.63) is 51.6 Å². The highest BCUT2D eigenvalue weighted by molar-refractivity contribution is 14.1. The van der Waals surface area contributed by atoms with Gasteiger partial charge >= 0.3 is 0 Å². The molecule has 0 aromatic heterocycles. The number of aromatic hydroxyl groups is 1. The van der Waals surface area contributed by atoms with E-state index < -0.39 is 0 Å². The Bertz CT molecular complexity index is 592. The first-order valence-corrected chi connectivity index (χ1v) is 6.94. The van der Waals surface area contributed by atoms with Gasteiger partial charge in [0, 0.05) is 26.0 Å². The van der Waals surface area contributed by atoms with Crippen LogP contribution in [0.3, 0.4) is 0 Å². The van der Waals surface area contributed by atoms with Crippen molar-refractivity contribution in [1.82, 2.24) is 0 Å². The third kappa shape index (κ3) is 3.70. The molecular formula is C15H15IN2O. The minimum atomic E-state index is 0.299. The molecular weight excluding hydrogens is 351 g/mol. The molecule has 3 nitrogen and oxygen atoms in total. The molecule has 2 aromatic carbocycles. The lowest BCUT2D eigenvalue weighted by Crippen LogP contribution is -2.07. The van der Waals surface area contributed by atoms with Crippen LogP contribution in [0.2, 0.25) is 0 Å². The van der Waals surface area contributed by atoms with Crippen molar-refractivity contribution in [2.45, 2.75) is 0 Å². The summed E-state index contributed by atoms with van der Waals surface area (Å²) in [6.07, 6.45) is 1.80. The SMILES string of the molecule is CN(C)c1ccc(N=Cc2ccc(O)c(I)c2)cc1. The van der Waals surface area contributed by atoms with E-state index in [1.165, 1.54) is 0 Å². The Morgan fingerprint density at radius 1 is 1.11 bits per heavy atom. The van der Waals surface area contributed by atoms with Gasteiger partial charge in [-0.25, -0.2) is 0 Å². The van der Waals surface area contributed by atoms with Crippen LogP contribution in [-0.4, -0.2) is 25.4 Å². The van der Waals surface area contributed by atoms with Gasteiger partial charge in [0.15, 0.2) is 0 Å². The normalized spacial score (nSPS) is 10.9. The van der Waals surface area contributed by atoms with Gasteiger partial charge in [0.1, 0.15) is 5.75 Å². The summed E-state index contributed by atoms with van der Waals surface area (Å²) in [5.74, 6) is 0.299. The van der Waals surface area contributed by atoms with Crippen molar-refractivity contribution in [3.63, 3.8) is 0 Å². The van der Waals surface area contributed by atoms with E-state index in [1.54, 1.807) is 12.3 Å². The highest BCUT2D eigenvalue weighted by Gasteiger charge is 1.98. The highest BCUT2D eigenvalue weighted by Crippen LogP contribution is 2.21. The number of rotatable bonds is 3. The summed E-state index contributed by atoms with van der Waals surface area (Å²) < 4.78 is 0.824. The maximum absolute atomic E-state index is 9.45. The molecule has 2 aromatic rings. The zero-order valence-electron chi connectivity index (χ0n) is 10.8. The van der Waals surface area contributed by atoms with Crippen molar-refractivity contribution in [1.29, 1.82) is 0 Å². The fourth-order valence-corrected chi connectivity index (χ4v) is 2.13. The van der Waals surface area contributed by atoms with E-state index >= 15 is 0 Å². The van der Waals surface area contributed by atoms with Crippen LogP contribution >= 0.6 is 22.6 Å². The molecule has 0 fully saturated rings. The van der Waals surface area contributed by atoms with E-state index in [0.717, 1.165) is 20.5 Å². The second-order valence-electron chi connectivity index (χ2n) is 4.38. The van der Waals surface area contributed by atoms with Crippen LogP contribution in [0, 0.1) is 3.57 Å². The molecule has 2 rings (SSSR count). The average molecular weight is 366 g/mol. The molecule has 0 aliphatic carbocycles. The summed E-state index contributed by atoms with van der Waals surface area (Å²) in [5, 5.41) is 9.45. The second kappa shape index (κ2) is 6.06. The molecule has 19 heavy (non-hydrogen) atoms. The Morgan fingerprint density at radius 2 is 1.79 bits per heavy atom. The third-order valence-electron chi connectivity index (χ3n) is 2.70. The lowest BCUT2D eigenvalue weighted by Gasteiger charge is -2.11. The standard InChI is InChI=1S/C15H15IN2O/c1-18(2)13-6-4-12(5-7-13)17-10-11-3-8-15(19)14(16)9-11/h3-10,19H,1-2H3. The molecule has 98 valence electrons. The van der Waals surface area contributed by atoms with Crippen LogP contribution in [0.25, 0.3) is 0 Å². The van der Waals surface area contributed by atoms with E-state index in [-0.39, 0.29) is 0 Å². The number of anilines is 1. The molecule has 0 saturated heterocycles. The van der Waals surface area contributed by atoms with E-state index in [0.29, 0.717) is 5.75 Å². The smallest absolute Gasteiger partial charge is 0.128 e. The molecule has 0 unspecified atom stereocenters. The first-order valence-electron chi connectivity index (χ1n) is 5.86. The molecule has 0 amide bonds. The summed E-state index contributed by atoms with van der Waals surface area (Å²) in [7, 11) is 4.02. The number of hydrogen-bond acceptors (Lipinski definition) is 3. The number of hydrogen-bond donors (Lipinski definition) is 1. The largest absolute Gasteiger partial charge is 0.507 e. The molecule has 1 N–H and O–H groups in total. The van der Waals surface area contributed by atoms with Crippen molar-refractivity contribution in [2.75, 3.05) is 19.0 Å². The van der Waals surface area contributed by atoms with E-state index in [2.05, 4.69) is 32.5 Å². The van der Waals surface area contributed by atoms with Crippen LogP contribution < -0.4 is 4.90 Å². The highest BCUT2D eigenvalue weighted by atomic mass is 127. The summed E-state index contributed by atoms with van der Waals surface area (Å²) >= 11 is 2.10. The maximum Gasteiger partial charge on any atom is 0.128 e. The zero-order chi connectivity index (χ0) is 13.8. The van der Waals surface area contributed by atoms with Crippen LogP contribution in [0.4, 0.5) is 11.4 Å². The Labute approximate surface area is 126 Å². The van der Waals surface area contributed by atoms with Gasteiger partial charge in [-0.2, -0.15) is 0 Å². The maximum atomic E-state index is 9.45. The monoisotopic (exact) mass is 366 g/mol. The number of benzene rings is 2. The van der Waals surface area contributed by atoms with Gasteiger partial charge in [0.05, 0.1) is 9.26 Å².